The Kier molecular flexibility index (Phi) is 4.05. The van der Waals surface area contributed by atoms with Crippen molar-refractivity contribution in [1.29, 1.82) is 0 Å². The largest absolute Gasteiger partial charge is 0.335 e. The van der Waals surface area contributed by atoms with E-state index >= 15 is 0 Å². The van der Waals surface area contributed by atoms with Gasteiger partial charge in [0.2, 0.25) is 0 Å². The van der Waals surface area contributed by atoms with Crippen LogP contribution in [-0.2, 0) is 0 Å². The van der Waals surface area contributed by atoms with E-state index in [4.69, 9.17) is 0 Å². The van der Waals surface area contributed by atoms with E-state index < -0.39 is 0 Å². The fourth-order valence-corrected chi connectivity index (χ4v) is 2.50. The summed E-state index contributed by atoms with van der Waals surface area (Å²) < 4.78 is 0.972. The molecule has 1 aromatic carbocycles. The summed E-state index contributed by atoms with van der Waals surface area (Å²) in [6, 6.07) is 6.12. The van der Waals surface area contributed by atoms with Crippen molar-refractivity contribution >= 4 is 27.6 Å². The molecule has 0 radical (unpaired) electrons. The number of carbonyl (C=O) groups is 1. The Morgan fingerprint density at radius 2 is 2.06 bits per heavy atom. The smallest absolute Gasteiger partial charge is 0.319 e. The first-order chi connectivity index (χ1) is 8.15. The van der Waals surface area contributed by atoms with Gasteiger partial charge in [0.1, 0.15) is 0 Å². The van der Waals surface area contributed by atoms with Gasteiger partial charge in [-0.05, 0) is 37.5 Å². The minimum Gasteiger partial charge on any atom is -0.335 e. The summed E-state index contributed by atoms with van der Waals surface area (Å²) in [5.74, 6) is 0. The molecule has 2 amide bonds. The van der Waals surface area contributed by atoms with Crippen LogP contribution in [0.25, 0.3) is 0 Å². The van der Waals surface area contributed by atoms with Gasteiger partial charge in [0.05, 0.1) is 0 Å². The van der Waals surface area contributed by atoms with Crippen LogP contribution in [0, 0.1) is 6.92 Å². The van der Waals surface area contributed by atoms with Crippen molar-refractivity contribution in [2.45, 2.75) is 38.6 Å². The third kappa shape index (κ3) is 3.46. The summed E-state index contributed by atoms with van der Waals surface area (Å²) in [5, 5.41) is 5.91. The van der Waals surface area contributed by atoms with E-state index in [1.54, 1.807) is 0 Å². The van der Waals surface area contributed by atoms with E-state index in [0.29, 0.717) is 6.04 Å². The number of hydrogen-bond acceptors (Lipinski definition) is 1. The predicted octanol–water partition coefficient (Wildman–Crippen LogP) is 3.82. The van der Waals surface area contributed by atoms with Crippen molar-refractivity contribution < 1.29 is 4.79 Å². The number of urea groups is 1. The van der Waals surface area contributed by atoms with E-state index in [0.717, 1.165) is 28.6 Å². The average molecular weight is 297 g/mol. The van der Waals surface area contributed by atoms with Crippen LogP contribution < -0.4 is 10.6 Å². The van der Waals surface area contributed by atoms with Crippen LogP contribution in [0.4, 0.5) is 10.5 Å². The van der Waals surface area contributed by atoms with Gasteiger partial charge < -0.3 is 10.6 Å². The van der Waals surface area contributed by atoms with Crippen LogP contribution >= 0.6 is 15.9 Å². The maximum atomic E-state index is 11.8. The molecule has 1 aliphatic carbocycles. The molecule has 0 bridgehead atoms. The maximum Gasteiger partial charge on any atom is 0.319 e. The summed E-state index contributed by atoms with van der Waals surface area (Å²) in [6.07, 6.45) is 4.65. The van der Waals surface area contributed by atoms with Gasteiger partial charge in [0.25, 0.3) is 0 Å². The SMILES string of the molecule is Cc1ccc(Br)cc1NC(=O)NC1CCCC1. The number of halogens is 1. The number of rotatable bonds is 2. The molecule has 0 heterocycles. The van der Waals surface area contributed by atoms with E-state index in [2.05, 4.69) is 26.6 Å². The van der Waals surface area contributed by atoms with E-state index in [-0.39, 0.29) is 6.03 Å². The van der Waals surface area contributed by atoms with Crippen molar-refractivity contribution in [3.05, 3.63) is 28.2 Å². The van der Waals surface area contributed by atoms with Crippen LogP contribution in [-0.4, -0.2) is 12.1 Å². The highest BCUT2D eigenvalue weighted by Gasteiger charge is 2.17. The fourth-order valence-electron chi connectivity index (χ4n) is 2.14. The van der Waals surface area contributed by atoms with Gasteiger partial charge in [-0.15, -0.1) is 0 Å². The van der Waals surface area contributed by atoms with Crippen LogP contribution in [0.1, 0.15) is 31.2 Å². The summed E-state index contributed by atoms with van der Waals surface area (Å²) in [5.41, 5.74) is 1.92. The van der Waals surface area contributed by atoms with Crippen LogP contribution in [0.5, 0.6) is 0 Å². The zero-order valence-electron chi connectivity index (χ0n) is 9.92. The Bertz CT molecular complexity index is 414. The molecular formula is C13H17BrN2O. The lowest BCUT2D eigenvalue weighted by Gasteiger charge is -2.14. The normalized spacial score (nSPS) is 15.9. The molecule has 0 saturated heterocycles. The topological polar surface area (TPSA) is 41.1 Å². The number of carbonyl (C=O) groups excluding carboxylic acids is 1. The van der Waals surface area contributed by atoms with Crippen molar-refractivity contribution in [1.82, 2.24) is 5.32 Å². The first kappa shape index (κ1) is 12.4. The van der Waals surface area contributed by atoms with Crippen LogP contribution in [0.3, 0.4) is 0 Å². The van der Waals surface area contributed by atoms with Gasteiger partial charge >= 0.3 is 6.03 Å². The summed E-state index contributed by atoms with van der Waals surface area (Å²) in [7, 11) is 0. The van der Waals surface area contributed by atoms with Crippen LogP contribution in [0.15, 0.2) is 22.7 Å². The molecule has 0 aromatic heterocycles. The standard InChI is InChI=1S/C13H17BrN2O/c1-9-6-7-10(14)8-12(9)16-13(17)15-11-4-2-3-5-11/h6-8,11H,2-5H2,1H3,(H2,15,16,17). The Morgan fingerprint density at radius 1 is 1.35 bits per heavy atom. The molecule has 1 fully saturated rings. The highest BCUT2D eigenvalue weighted by molar-refractivity contribution is 9.10. The molecule has 0 unspecified atom stereocenters. The third-order valence-corrected chi connectivity index (χ3v) is 3.63. The minimum atomic E-state index is -0.0990. The van der Waals surface area contributed by atoms with Gasteiger partial charge in [0.15, 0.2) is 0 Å². The fraction of sp³-hybridized carbons (Fsp3) is 0.462. The number of benzene rings is 1. The molecule has 1 aromatic rings. The van der Waals surface area contributed by atoms with Crippen molar-refractivity contribution in [2.24, 2.45) is 0 Å². The molecule has 0 atom stereocenters. The van der Waals surface area contributed by atoms with Gasteiger partial charge in [0, 0.05) is 16.2 Å². The minimum absolute atomic E-state index is 0.0990. The zero-order valence-corrected chi connectivity index (χ0v) is 11.5. The third-order valence-electron chi connectivity index (χ3n) is 3.14. The van der Waals surface area contributed by atoms with Crippen molar-refractivity contribution in [2.75, 3.05) is 5.32 Å². The van der Waals surface area contributed by atoms with Crippen molar-refractivity contribution in [3.63, 3.8) is 0 Å². The molecule has 4 heteroatoms. The first-order valence-electron chi connectivity index (χ1n) is 5.99. The Morgan fingerprint density at radius 3 is 2.76 bits per heavy atom. The second kappa shape index (κ2) is 5.54. The van der Waals surface area contributed by atoms with Gasteiger partial charge in [-0.2, -0.15) is 0 Å². The van der Waals surface area contributed by atoms with E-state index in [1.807, 2.05) is 25.1 Å². The Hall–Kier alpha value is -1.03. The molecule has 17 heavy (non-hydrogen) atoms. The number of aryl methyl sites for hydroxylation is 1. The van der Waals surface area contributed by atoms with Gasteiger partial charge in [-0.3, -0.25) is 0 Å². The number of nitrogens with one attached hydrogen (secondary N) is 2. The molecule has 1 aliphatic rings. The second-order valence-corrected chi connectivity index (χ2v) is 5.45. The maximum absolute atomic E-state index is 11.8. The average Bonchev–Trinajstić information content (AvgIpc) is 2.76. The second-order valence-electron chi connectivity index (χ2n) is 4.54. The Balaban J connectivity index is 1.95. The first-order valence-corrected chi connectivity index (χ1v) is 6.78. The van der Waals surface area contributed by atoms with E-state index in [9.17, 15) is 4.79 Å². The number of hydrogen-bond donors (Lipinski definition) is 2. The van der Waals surface area contributed by atoms with E-state index in [1.165, 1.54) is 12.8 Å². The monoisotopic (exact) mass is 296 g/mol. The van der Waals surface area contributed by atoms with Gasteiger partial charge in [-0.1, -0.05) is 34.8 Å². The molecule has 1 saturated carbocycles. The predicted molar refractivity (Wildman–Crippen MR) is 73.3 cm³/mol. The molecule has 3 nitrogen and oxygen atoms in total. The molecule has 0 spiro atoms. The number of anilines is 1. The Labute approximate surface area is 110 Å². The molecular weight excluding hydrogens is 280 g/mol. The lowest BCUT2D eigenvalue weighted by atomic mass is 10.2. The summed E-state index contributed by atoms with van der Waals surface area (Å²) >= 11 is 3.40. The zero-order chi connectivity index (χ0) is 12.3. The highest BCUT2D eigenvalue weighted by atomic mass is 79.9. The summed E-state index contributed by atoms with van der Waals surface area (Å²) in [4.78, 5) is 11.8. The van der Waals surface area contributed by atoms with Crippen LogP contribution in [0.2, 0.25) is 0 Å². The lowest BCUT2D eigenvalue weighted by Crippen LogP contribution is -2.36. The molecule has 2 rings (SSSR count). The lowest BCUT2D eigenvalue weighted by molar-refractivity contribution is 0.248. The highest BCUT2D eigenvalue weighted by Crippen LogP contribution is 2.21. The quantitative estimate of drug-likeness (QED) is 0.856. The van der Waals surface area contributed by atoms with Crippen molar-refractivity contribution in [3.8, 4) is 0 Å². The molecule has 0 aliphatic heterocycles. The summed E-state index contributed by atoms with van der Waals surface area (Å²) in [6.45, 7) is 1.98. The van der Waals surface area contributed by atoms with Gasteiger partial charge in [-0.25, -0.2) is 4.79 Å². The number of amides is 2. The molecule has 92 valence electrons. The molecule has 2 N–H and O–H groups in total.